The average molecular weight is 299 g/mol. The van der Waals surface area contributed by atoms with Gasteiger partial charge in [-0.3, -0.25) is 14.6 Å². The summed E-state index contributed by atoms with van der Waals surface area (Å²) >= 11 is 0. The highest BCUT2D eigenvalue weighted by Gasteiger charge is 2.14. The van der Waals surface area contributed by atoms with Crippen LogP contribution < -0.4 is 10.1 Å². The molecule has 0 fully saturated rings. The van der Waals surface area contributed by atoms with Crippen LogP contribution in [-0.4, -0.2) is 42.4 Å². The highest BCUT2D eigenvalue weighted by Crippen LogP contribution is 2.16. The summed E-state index contributed by atoms with van der Waals surface area (Å²) in [5.41, 5.74) is 1.11. The van der Waals surface area contributed by atoms with Gasteiger partial charge in [-0.1, -0.05) is 6.07 Å². The number of carbonyl (C=O) groups excluding carboxylic acids is 2. The number of nitrogens with one attached hydrogen (secondary N) is 1. The van der Waals surface area contributed by atoms with Crippen molar-refractivity contribution in [1.82, 2.24) is 9.88 Å². The third-order valence-electron chi connectivity index (χ3n) is 3.01. The molecule has 0 saturated carbocycles. The van der Waals surface area contributed by atoms with Gasteiger partial charge < -0.3 is 15.0 Å². The summed E-state index contributed by atoms with van der Waals surface area (Å²) in [6, 6.07) is 10.3. The summed E-state index contributed by atoms with van der Waals surface area (Å²) in [5.74, 6) is 0.139. The van der Waals surface area contributed by atoms with E-state index in [0.29, 0.717) is 17.0 Å². The van der Waals surface area contributed by atoms with Gasteiger partial charge in [-0.05, 0) is 24.3 Å². The molecule has 0 aliphatic carbocycles. The molecule has 0 aliphatic heterocycles. The second-order valence-electron chi connectivity index (χ2n) is 4.68. The molecule has 114 valence electrons. The van der Waals surface area contributed by atoms with Crippen molar-refractivity contribution in [3.63, 3.8) is 0 Å². The molecule has 0 aliphatic rings. The zero-order valence-electron chi connectivity index (χ0n) is 12.4. The van der Waals surface area contributed by atoms with Gasteiger partial charge in [0.25, 0.3) is 5.91 Å². The first-order chi connectivity index (χ1) is 10.6. The van der Waals surface area contributed by atoms with E-state index < -0.39 is 0 Å². The highest BCUT2D eigenvalue weighted by atomic mass is 16.5. The van der Waals surface area contributed by atoms with Crippen molar-refractivity contribution in [3.8, 4) is 5.75 Å². The van der Waals surface area contributed by atoms with Crippen molar-refractivity contribution in [3.05, 3.63) is 54.4 Å². The number of nitrogens with zero attached hydrogens (tertiary/aromatic N) is 2. The normalized spacial score (nSPS) is 9.91. The quantitative estimate of drug-likeness (QED) is 0.914. The monoisotopic (exact) mass is 299 g/mol. The number of hydrogen-bond acceptors (Lipinski definition) is 4. The van der Waals surface area contributed by atoms with Crippen molar-refractivity contribution in [2.45, 2.75) is 0 Å². The van der Waals surface area contributed by atoms with Gasteiger partial charge in [0.1, 0.15) is 5.75 Å². The Bertz CT molecular complexity index is 659. The van der Waals surface area contributed by atoms with Gasteiger partial charge >= 0.3 is 0 Å². The summed E-state index contributed by atoms with van der Waals surface area (Å²) in [4.78, 5) is 29.3. The van der Waals surface area contributed by atoms with E-state index >= 15 is 0 Å². The van der Waals surface area contributed by atoms with Gasteiger partial charge in [0.05, 0.1) is 13.7 Å². The van der Waals surface area contributed by atoms with E-state index in [1.54, 1.807) is 50.6 Å². The molecule has 0 spiro atoms. The molecular formula is C16H17N3O3. The van der Waals surface area contributed by atoms with Crippen molar-refractivity contribution < 1.29 is 14.3 Å². The lowest BCUT2D eigenvalue weighted by molar-refractivity contribution is -0.116. The Morgan fingerprint density at radius 1 is 1.23 bits per heavy atom. The van der Waals surface area contributed by atoms with E-state index in [-0.39, 0.29) is 18.4 Å². The zero-order chi connectivity index (χ0) is 15.9. The second-order valence-corrected chi connectivity index (χ2v) is 4.68. The third-order valence-corrected chi connectivity index (χ3v) is 3.01. The molecule has 0 bridgehead atoms. The summed E-state index contributed by atoms with van der Waals surface area (Å²) in [5, 5.41) is 2.73. The van der Waals surface area contributed by atoms with Crippen molar-refractivity contribution in [1.29, 1.82) is 0 Å². The predicted molar refractivity (Wildman–Crippen MR) is 82.8 cm³/mol. The van der Waals surface area contributed by atoms with E-state index in [0.717, 1.165) is 0 Å². The summed E-state index contributed by atoms with van der Waals surface area (Å²) < 4.78 is 5.09. The van der Waals surface area contributed by atoms with Gasteiger partial charge in [0.2, 0.25) is 5.91 Å². The van der Waals surface area contributed by atoms with Crippen molar-refractivity contribution >= 4 is 17.5 Å². The van der Waals surface area contributed by atoms with E-state index in [1.807, 2.05) is 0 Å². The first kappa shape index (κ1) is 15.5. The number of rotatable bonds is 5. The van der Waals surface area contributed by atoms with Gasteiger partial charge in [-0.15, -0.1) is 0 Å². The molecule has 0 radical (unpaired) electrons. The van der Waals surface area contributed by atoms with Crippen LogP contribution in [0, 0.1) is 0 Å². The zero-order valence-corrected chi connectivity index (χ0v) is 12.4. The number of ether oxygens (including phenoxy) is 1. The standard InChI is InChI=1S/C16H17N3O3/c1-19(16(21)12-6-8-17-9-7-12)11-15(20)18-13-4-3-5-14(10-13)22-2/h3-10H,11H2,1-2H3,(H,18,20). The summed E-state index contributed by atoms with van der Waals surface area (Å²) in [7, 11) is 3.13. The van der Waals surface area contributed by atoms with Gasteiger partial charge in [-0.25, -0.2) is 0 Å². The summed E-state index contributed by atoms with van der Waals surface area (Å²) in [6.07, 6.45) is 3.08. The minimum atomic E-state index is -0.279. The Balaban J connectivity index is 1.95. The van der Waals surface area contributed by atoms with Crippen molar-refractivity contribution in [2.75, 3.05) is 26.0 Å². The molecule has 22 heavy (non-hydrogen) atoms. The fraction of sp³-hybridized carbons (Fsp3) is 0.188. The number of methoxy groups -OCH3 is 1. The molecule has 1 aromatic carbocycles. The molecule has 6 heteroatoms. The number of aromatic nitrogens is 1. The van der Waals surface area contributed by atoms with Crippen LogP contribution in [0.25, 0.3) is 0 Å². The van der Waals surface area contributed by atoms with Crippen LogP contribution in [0.2, 0.25) is 0 Å². The van der Waals surface area contributed by atoms with Crippen LogP contribution in [-0.2, 0) is 4.79 Å². The van der Waals surface area contributed by atoms with Gasteiger partial charge in [-0.2, -0.15) is 0 Å². The largest absolute Gasteiger partial charge is 0.497 e. The van der Waals surface area contributed by atoms with E-state index in [4.69, 9.17) is 4.74 Å². The van der Waals surface area contributed by atoms with Gasteiger partial charge in [0, 0.05) is 36.8 Å². The number of carbonyl (C=O) groups is 2. The van der Waals surface area contributed by atoms with Crippen LogP contribution in [0.5, 0.6) is 5.75 Å². The number of benzene rings is 1. The number of likely N-dealkylation sites (N-methyl/N-ethyl adjacent to an activating group) is 1. The molecule has 1 N–H and O–H groups in total. The Morgan fingerprint density at radius 3 is 2.64 bits per heavy atom. The van der Waals surface area contributed by atoms with E-state index in [9.17, 15) is 9.59 Å². The fourth-order valence-corrected chi connectivity index (χ4v) is 1.90. The molecule has 6 nitrogen and oxygen atoms in total. The van der Waals surface area contributed by atoms with Crippen LogP contribution in [0.3, 0.4) is 0 Å². The minimum Gasteiger partial charge on any atom is -0.497 e. The Kier molecular flexibility index (Phi) is 5.08. The molecule has 1 heterocycles. The topological polar surface area (TPSA) is 71.5 Å². The Hall–Kier alpha value is -2.89. The smallest absolute Gasteiger partial charge is 0.254 e. The summed E-state index contributed by atoms with van der Waals surface area (Å²) in [6.45, 7) is -0.0433. The number of amides is 2. The maximum absolute atomic E-state index is 12.1. The highest BCUT2D eigenvalue weighted by molar-refractivity contribution is 5.99. The molecule has 2 rings (SSSR count). The lowest BCUT2D eigenvalue weighted by Gasteiger charge is -2.17. The Labute approximate surface area is 128 Å². The second kappa shape index (κ2) is 7.21. The lowest BCUT2D eigenvalue weighted by Crippen LogP contribution is -2.34. The number of pyridine rings is 1. The lowest BCUT2D eigenvalue weighted by atomic mass is 10.2. The minimum absolute atomic E-state index is 0.0433. The maximum atomic E-state index is 12.1. The molecule has 0 unspecified atom stereocenters. The SMILES string of the molecule is COc1cccc(NC(=O)CN(C)C(=O)c2ccncc2)c1. The van der Waals surface area contributed by atoms with Gasteiger partial charge in [0.15, 0.2) is 0 Å². The molecule has 0 saturated heterocycles. The predicted octanol–water partition coefficient (Wildman–Crippen LogP) is 1.80. The van der Waals surface area contributed by atoms with E-state index in [1.165, 1.54) is 17.3 Å². The number of hydrogen-bond donors (Lipinski definition) is 1. The van der Waals surface area contributed by atoms with Crippen LogP contribution >= 0.6 is 0 Å². The first-order valence-corrected chi connectivity index (χ1v) is 6.69. The van der Waals surface area contributed by atoms with Crippen molar-refractivity contribution in [2.24, 2.45) is 0 Å². The molecule has 0 atom stereocenters. The van der Waals surface area contributed by atoms with Crippen LogP contribution in [0.4, 0.5) is 5.69 Å². The fourth-order valence-electron chi connectivity index (χ4n) is 1.90. The average Bonchev–Trinajstić information content (AvgIpc) is 2.55. The third kappa shape index (κ3) is 4.05. The maximum Gasteiger partial charge on any atom is 0.254 e. The Morgan fingerprint density at radius 2 is 1.95 bits per heavy atom. The van der Waals surface area contributed by atoms with Crippen LogP contribution in [0.1, 0.15) is 10.4 Å². The molecule has 2 amide bonds. The molecule has 1 aromatic heterocycles. The molecular weight excluding hydrogens is 282 g/mol. The van der Waals surface area contributed by atoms with Crippen LogP contribution in [0.15, 0.2) is 48.8 Å². The molecule has 2 aromatic rings. The van der Waals surface area contributed by atoms with E-state index in [2.05, 4.69) is 10.3 Å². The first-order valence-electron chi connectivity index (χ1n) is 6.69. The number of anilines is 1.